The summed E-state index contributed by atoms with van der Waals surface area (Å²) in [7, 11) is 0. The van der Waals surface area contributed by atoms with Crippen LogP contribution in [0.4, 0.5) is 0 Å². The third kappa shape index (κ3) is 3.23. The van der Waals surface area contributed by atoms with E-state index in [9.17, 15) is 14.7 Å². The molecule has 1 aromatic heterocycles. The van der Waals surface area contributed by atoms with Gasteiger partial charge in [-0.1, -0.05) is 35.9 Å². The molecule has 0 saturated heterocycles. The molecule has 0 radical (unpaired) electrons. The smallest absolute Gasteiger partial charge is 0.337 e. The Morgan fingerprint density at radius 1 is 1.20 bits per heavy atom. The van der Waals surface area contributed by atoms with Crippen molar-refractivity contribution in [3.63, 3.8) is 0 Å². The maximum atomic E-state index is 12.6. The topological polar surface area (TPSA) is 68.5 Å². The highest BCUT2D eigenvalue weighted by molar-refractivity contribution is 6.32. The van der Waals surface area contributed by atoms with Crippen molar-refractivity contribution in [1.82, 2.24) is 4.57 Å². The molecule has 25 heavy (non-hydrogen) atoms. The normalized spacial score (nSPS) is 10.8. The molecule has 6 heteroatoms. The largest absolute Gasteiger partial charge is 0.482 e. The van der Waals surface area contributed by atoms with E-state index in [0.717, 1.165) is 11.1 Å². The number of carbonyl (C=O) groups excluding carboxylic acids is 1. The molecule has 0 saturated carbocycles. The minimum absolute atomic E-state index is 0.0773. The zero-order valence-electron chi connectivity index (χ0n) is 13.7. The zero-order chi connectivity index (χ0) is 18.1. The number of carboxylic acid groups (broad SMARTS) is 1. The Balaban J connectivity index is 1.90. The second-order valence-corrected chi connectivity index (χ2v) is 6.22. The van der Waals surface area contributed by atoms with Crippen molar-refractivity contribution >= 4 is 34.4 Å². The molecule has 0 unspecified atom stereocenters. The molecule has 1 N–H and O–H groups in total. The van der Waals surface area contributed by atoms with Crippen LogP contribution in [0.2, 0.25) is 5.02 Å². The summed E-state index contributed by atoms with van der Waals surface area (Å²) in [6, 6.07) is 10.5. The molecule has 3 aromatic rings. The molecule has 3 rings (SSSR count). The van der Waals surface area contributed by atoms with Crippen LogP contribution < -0.4 is 4.74 Å². The molecule has 1 heterocycles. The molecule has 128 valence electrons. The van der Waals surface area contributed by atoms with Gasteiger partial charge < -0.3 is 9.84 Å². The molecule has 0 aliphatic carbocycles. The molecule has 2 aromatic carbocycles. The van der Waals surface area contributed by atoms with Crippen LogP contribution in [0.1, 0.15) is 26.3 Å². The first kappa shape index (κ1) is 17.0. The second-order valence-electron chi connectivity index (χ2n) is 5.81. The molecule has 0 aliphatic heterocycles. The van der Waals surface area contributed by atoms with Crippen LogP contribution in [-0.4, -0.2) is 28.2 Å². The van der Waals surface area contributed by atoms with Crippen LogP contribution in [0.25, 0.3) is 10.9 Å². The van der Waals surface area contributed by atoms with Gasteiger partial charge in [0.25, 0.3) is 5.91 Å². The standard InChI is InChI=1S/C19H16ClNO4/c1-11-7-12(2)18(15(20)8-11)25-10-17(22)21-9-14(19(23)24)13-5-3-4-6-16(13)21/h3-9H,10H2,1-2H3,(H,23,24). The molecule has 0 amide bonds. The summed E-state index contributed by atoms with van der Waals surface area (Å²) in [5, 5.41) is 10.3. The van der Waals surface area contributed by atoms with Gasteiger partial charge in [0.2, 0.25) is 0 Å². The van der Waals surface area contributed by atoms with Gasteiger partial charge in [0, 0.05) is 11.6 Å². The molecule has 0 fully saturated rings. The number of halogens is 1. The number of carbonyl (C=O) groups is 2. The molecule has 0 aliphatic rings. The van der Waals surface area contributed by atoms with Crippen LogP contribution in [0.5, 0.6) is 5.75 Å². The Kier molecular flexibility index (Phi) is 4.51. The van der Waals surface area contributed by atoms with Crippen LogP contribution in [0.15, 0.2) is 42.6 Å². The SMILES string of the molecule is Cc1cc(C)c(OCC(=O)n2cc(C(=O)O)c3ccccc32)c(Cl)c1. The number of hydrogen-bond donors (Lipinski definition) is 1. The van der Waals surface area contributed by atoms with E-state index >= 15 is 0 Å². The Morgan fingerprint density at radius 3 is 2.60 bits per heavy atom. The first-order valence-corrected chi connectivity index (χ1v) is 8.02. The van der Waals surface area contributed by atoms with Gasteiger partial charge in [-0.2, -0.15) is 0 Å². The van der Waals surface area contributed by atoms with E-state index in [1.807, 2.05) is 19.9 Å². The number of nitrogens with zero attached hydrogens (tertiary/aromatic N) is 1. The summed E-state index contributed by atoms with van der Waals surface area (Å²) in [6.07, 6.45) is 1.32. The molecular weight excluding hydrogens is 342 g/mol. The first-order valence-electron chi connectivity index (χ1n) is 7.64. The number of para-hydroxylation sites is 1. The fourth-order valence-corrected chi connectivity index (χ4v) is 3.22. The van der Waals surface area contributed by atoms with Gasteiger partial charge >= 0.3 is 5.97 Å². The highest BCUT2D eigenvalue weighted by atomic mass is 35.5. The fourth-order valence-electron chi connectivity index (χ4n) is 2.85. The highest BCUT2D eigenvalue weighted by Crippen LogP contribution is 2.30. The van der Waals surface area contributed by atoms with E-state index in [4.69, 9.17) is 16.3 Å². The van der Waals surface area contributed by atoms with E-state index in [-0.39, 0.29) is 18.1 Å². The van der Waals surface area contributed by atoms with Gasteiger partial charge in [-0.25, -0.2) is 4.79 Å². The van der Waals surface area contributed by atoms with E-state index in [1.165, 1.54) is 10.8 Å². The van der Waals surface area contributed by atoms with Crippen molar-refractivity contribution in [3.8, 4) is 5.75 Å². The monoisotopic (exact) mass is 357 g/mol. The molecule has 0 spiro atoms. The van der Waals surface area contributed by atoms with Crippen molar-refractivity contribution in [1.29, 1.82) is 0 Å². The lowest BCUT2D eigenvalue weighted by molar-refractivity contribution is 0.0699. The zero-order valence-corrected chi connectivity index (χ0v) is 14.5. The number of fused-ring (bicyclic) bond motifs is 1. The lowest BCUT2D eigenvalue weighted by Gasteiger charge is -2.12. The minimum atomic E-state index is -1.08. The lowest BCUT2D eigenvalue weighted by atomic mass is 10.1. The summed E-state index contributed by atoms with van der Waals surface area (Å²) in [4.78, 5) is 23.9. The maximum absolute atomic E-state index is 12.6. The van der Waals surface area contributed by atoms with E-state index in [1.54, 1.807) is 30.3 Å². The number of aryl methyl sites for hydroxylation is 2. The third-order valence-electron chi connectivity index (χ3n) is 3.92. The molecule has 0 atom stereocenters. The van der Waals surface area contributed by atoms with Crippen molar-refractivity contribution in [2.75, 3.05) is 6.61 Å². The Hall–Kier alpha value is -2.79. The molecule has 0 bridgehead atoms. The number of aromatic nitrogens is 1. The highest BCUT2D eigenvalue weighted by Gasteiger charge is 2.18. The Bertz CT molecular complexity index is 967. The Morgan fingerprint density at radius 2 is 1.92 bits per heavy atom. The van der Waals surface area contributed by atoms with Crippen molar-refractivity contribution in [3.05, 3.63) is 64.3 Å². The number of carboxylic acids is 1. The van der Waals surface area contributed by atoms with E-state index in [0.29, 0.717) is 21.7 Å². The average molecular weight is 358 g/mol. The summed E-state index contributed by atoms with van der Waals surface area (Å²) in [5.41, 5.74) is 2.44. The average Bonchev–Trinajstić information content (AvgIpc) is 2.93. The number of hydrogen-bond acceptors (Lipinski definition) is 3. The van der Waals surface area contributed by atoms with E-state index in [2.05, 4.69) is 0 Å². The van der Waals surface area contributed by atoms with Gasteiger partial charge in [-0.3, -0.25) is 9.36 Å². The van der Waals surface area contributed by atoms with Gasteiger partial charge in [0.15, 0.2) is 6.61 Å². The predicted molar refractivity (Wildman–Crippen MR) is 95.9 cm³/mol. The van der Waals surface area contributed by atoms with E-state index < -0.39 is 5.97 Å². The summed E-state index contributed by atoms with van der Waals surface area (Å²) in [6.45, 7) is 3.53. The van der Waals surface area contributed by atoms with Crippen LogP contribution in [0, 0.1) is 13.8 Å². The van der Waals surface area contributed by atoms with Gasteiger partial charge in [0.1, 0.15) is 5.75 Å². The first-order chi connectivity index (χ1) is 11.9. The van der Waals surface area contributed by atoms with Crippen molar-refractivity contribution in [2.24, 2.45) is 0 Å². The van der Waals surface area contributed by atoms with Gasteiger partial charge in [-0.05, 0) is 37.1 Å². The third-order valence-corrected chi connectivity index (χ3v) is 4.21. The quantitative estimate of drug-likeness (QED) is 0.754. The maximum Gasteiger partial charge on any atom is 0.337 e. The lowest BCUT2D eigenvalue weighted by Crippen LogP contribution is -2.19. The fraction of sp³-hybridized carbons (Fsp3) is 0.158. The Labute approximate surface area is 149 Å². The second kappa shape index (κ2) is 6.61. The van der Waals surface area contributed by atoms with Crippen LogP contribution in [-0.2, 0) is 0 Å². The van der Waals surface area contributed by atoms with Gasteiger partial charge in [0.05, 0.1) is 16.1 Å². The number of benzene rings is 2. The number of ether oxygens (including phenoxy) is 1. The number of aromatic carboxylic acids is 1. The van der Waals surface area contributed by atoms with Crippen molar-refractivity contribution in [2.45, 2.75) is 13.8 Å². The van der Waals surface area contributed by atoms with Gasteiger partial charge in [-0.15, -0.1) is 0 Å². The summed E-state index contributed by atoms with van der Waals surface area (Å²) in [5.74, 6) is -1.00. The van der Waals surface area contributed by atoms with Crippen LogP contribution >= 0.6 is 11.6 Å². The number of rotatable bonds is 4. The van der Waals surface area contributed by atoms with Crippen molar-refractivity contribution < 1.29 is 19.4 Å². The van der Waals surface area contributed by atoms with Crippen LogP contribution in [0.3, 0.4) is 0 Å². The molecule has 5 nitrogen and oxygen atoms in total. The predicted octanol–water partition coefficient (Wildman–Crippen LogP) is 4.33. The summed E-state index contributed by atoms with van der Waals surface area (Å²) >= 11 is 6.18. The molecular formula is C19H16ClNO4. The summed E-state index contributed by atoms with van der Waals surface area (Å²) < 4.78 is 6.91. The minimum Gasteiger partial charge on any atom is -0.482 e.